The molecule has 0 bridgehead atoms. The van der Waals surface area contributed by atoms with Gasteiger partial charge in [-0.05, 0) is 173 Å². The second-order valence-corrected chi connectivity index (χ2v) is 21.1. The van der Waals surface area contributed by atoms with Crippen LogP contribution < -0.4 is 0 Å². The molecular weight excluding hydrogens is 721 g/mol. The van der Waals surface area contributed by atoms with Crippen LogP contribution in [-0.2, 0) is 14.3 Å². The average molecular weight is 805 g/mol. The van der Waals surface area contributed by atoms with E-state index < -0.39 is 22.7 Å². The van der Waals surface area contributed by atoms with E-state index in [1.807, 2.05) is 26.8 Å². The number of aliphatic hydroxyl groups excluding tert-OH is 2. The molecule has 0 amide bonds. The number of hydrogen-bond donors (Lipinski definition) is 2. The molecule has 0 aromatic carbocycles. The van der Waals surface area contributed by atoms with E-state index in [0.717, 1.165) is 51.4 Å². The van der Waals surface area contributed by atoms with E-state index in [1.54, 1.807) is 62.3 Å². The van der Waals surface area contributed by atoms with Crippen LogP contribution in [0.3, 0.4) is 0 Å². The molecule has 2 N–H and O–H groups in total. The van der Waals surface area contributed by atoms with E-state index in [9.17, 15) is 32.3 Å². The van der Waals surface area contributed by atoms with Crippen LogP contribution in [0, 0.1) is 52.3 Å². The molecule has 3 saturated carbocycles. The van der Waals surface area contributed by atoms with Gasteiger partial charge in [-0.1, -0.05) is 60.0 Å². The Hall–Kier alpha value is -1.48. The van der Waals surface area contributed by atoms with Crippen molar-refractivity contribution in [1.82, 2.24) is 0 Å². The van der Waals surface area contributed by atoms with Crippen LogP contribution in [0.1, 0.15) is 181 Å². The number of ketones is 1. The summed E-state index contributed by atoms with van der Waals surface area (Å²) in [6.07, 6.45) is 11.2. The zero-order chi connectivity index (χ0) is 43.7. The van der Waals surface area contributed by atoms with Gasteiger partial charge in [-0.3, -0.25) is 9.59 Å². The number of hydrogen-bond acceptors (Lipinski definition) is 5. The molecule has 2 unspecified atom stereocenters. The zero-order valence-electron chi connectivity index (χ0n) is 38.2. The summed E-state index contributed by atoms with van der Waals surface area (Å²) in [5.74, 6) is 1.48. The molecule has 0 aromatic heterocycles. The van der Waals surface area contributed by atoms with Gasteiger partial charge >= 0.3 is 5.97 Å². The molecular formula is C47H84F4O5. The predicted molar refractivity (Wildman–Crippen MR) is 222 cm³/mol. The number of allylic oxidation sites excluding steroid dienone is 2. The van der Waals surface area contributed by atoms with Gasteiger partial charge in [0.1, 0.15) is 22.7 Å². The number of alkyl halides is 4. The first-order valence-corrected chi connectivity index (χ1v) is 21.7. The zero-order valence-corrected chi connectivity index (χ0v) is 38.2. The minimum Gasteiger partial charge on any atom is -0.466 e. The Morgan fingerprint density at radius 1 is 0.911 bits per heavy atom. The maximum atomic E-state index is 14.1. The lowest BCUT2D eigenvalue weighted by Crippen LogP contribution is -2.42. The van der Waals surface area contributed by atoms with E-state index >= 15 is 0 Å². The highest BCUT2D eigenvalue weighted by atomic mass is 19.2. The molecule has 9 heteroatoms. The number of aliphatic hydroxyl groups is 2. The second kappa shape index (κ2) is 21.2. The topological polar surface area (TPSA) is 83.8 Å². The third-order valence-corrected chi connectivity index (χ3v) is 13.6. The van der Waals surface area contributed by atoms with E-state index in [1.165, 1.54) is 5.57 Å². The highest BCUT2D eigenvalue weighted by molar-refractivity contribution is 5.92. The largest absolute Gasteiger partial charge is 0.466 e. The summed E-state index contributed by atoms with van der Waals surface area (Å²) in [4.78, 5) is 23.2. The van der Waals surface area contributed by atoms with E-state index in [-0.39, 0.29) is 59.0 Å². The van der Waals surface area contributed by atoms with Gasteiger partial charge in [-0.25, -0.2) is 17.6 Å². The summed E-state index contributed by atoms with van der Waals surface area (Å²) >= 11 is 0. The average Bonchev–Trinajstić information content (AvgIpc) is 3.55. The fraction of sp³-hybridized carbons (Fsp3) is 0.915. The molecule has 0 spiro atoms. The molecule has 4 aliphatic carbocycles. The summed E-state index contributed by atoms with van der Waals surface area (Å²) in [5.41, 5.74) is -3.25. The van der Waals surface area contributed by atoms with Crippen LogP contribution in [0.2, 0.25) is 0 Å². The Labute approximate surface area is 340 Å². The predicted octanol–water partition coefficient (Wildman–Crippen LogP) is 12.5. The molecule has 0 saturated heterocycles. The molecule has 4 aliphatic rings. The Kier molecular flexibility index (Phi) is 19.9. The molecule has 0 radical (unpaired) electrons. The first-order chi connectivity index (χ1) is 25.3. The number of fused-ring (bicyclic) bond motifs is 1. The van der Waals surface area contributed by atoms with Crippen molar-refractivity contribution in [3.8, 4) is 0 Å². The lowest BCUT2D eigenvalue weighted by molar-refractivity contribution is -0.145. The Morgan fingerprint density at radius 2 is 1.48 bits per heavy atom. The lowest BCUT2D eigenvalue weighted by Gasteiger charge is -2.48. The number of esters is 1. The maximum absolute atomic E-state index is 14.1. The number of carbonyl (C=O) groups is 2. The van der Waals surface area contributed by atoms with Crippen LogP contribution in [0.25, 0.3) is 0 Å². The maximum Gasteiger partial charge on any atom is 0.309 e. The molecule has 4 rings (SSSR count). The summed E-state index contributed by atoms with van der Waals surface area (Å²) in [6.45, 7) is 27.9. The van der Waals surface area contributed by atoms with Crippen molar-refractivity contribution in [3.05, 3.63) is 11.6 Å². The SMILES string of the molecule is CCOC(=O)C1C(CC(C)(C)F)C1(C)C.C[C@@H]1CC(=O)C=C2CC[C@@H](C(C)(C)F)C[C@]21C.C[C@@H]1CC[C@@H](C(C)(C)F)C[C@H]1O.C[C@H](CCO)CCCC(C)(C)F. The first-order valence-electron chi connectivity index (χ1n) is 21.7. The van der Waals surface area contributed by atoms with E-state index in [4.69, 9.17) is 9.84 Å². The highest BCUT2D eigenvalue weighted by Crippen LogP contribution is 2.62. The summed E-state index contributed by atoms with van der Waals surface area (Å²) < 4.78 is 59.0. The minimum atomic E-state index is -1.21. The Morgan fingerprint density at radius 3 is 1.95 bits per heavy atom. The molecule has 0 aliphatic heterocycles. The molecule has 5 nitrogen and oxygen atoms in total. The van der Waals surface area contributed by atoms with Crippen molar-refractivity contribution in [2.24, 2.45) is 52.3 Å². The van der Waals surface area contributed by atoms with E-state index in [0.29, 0.717) is 50.0 Å². The minimum absolute atomic E-state index is 0.0419. The van der Waals surface area contributed by atoms with Gasteiger partial charge in [-0.15, -0.1) is 0 Å². The van der Waals surface area contributed by atoms with Crippen molar-refractivity contribution >= 4 is 11.8 Å². The van der Waals surface area contributed by atoms with Crippen LogP contribution in [0.15, 0.2) is 11.6 Å². The van der Waals surface area contributed by atoms with Crippen molar-refractivity contribution in [3.63, 3.8) is 0 Å². The van der Waals surface area contributed by atoms with Crippen molar-refractivity contribution in [2.75, 3.05) is 13.2 Å². The Balaban J connectivity index is 0.000000378. The van der Waals surface area contributed by atoms with Gasteiger partial charge in [0.15, 0.2) is 5.78 Å². The highest BCUT2D eigenvalue weighted by Gasteiger charge is 2.63. The molecule has 56 heavy (non-hydrogen) atoms. The molecule has 9 atom stereocenters. The van der Waals surface area contributed by atoms with Gasteiger partial charge in [-0.2, -0.15) is 0 Å². The quantitative estimate of drug-likeness (QED) is 0.152. The number of rotatable bonds is 12. The Bertz CT molecular complexity index is 1240. The monoisotopic (exact) mass is 805 g/mol. The van der Waals surface area contributed by atoms with Crippen LogP contribution >= 0.6 is 0 Å². The molecule has 0 aromatic rings. The summed E-state index contributed by atoms with van der Waals surface area (Å²) in [5, 5.41) is 18.2. The van der Waals surface area contributed by atoms with Crippen molar-refractivity contribution in [1.29, 1.82) is 0 Å². The third-order valence-electron chi connectivity index (χ3n) is 13.6. The van der Waals surface area contributed by atoms with Crippen LogP contribution in [-0.4, -0.2) is 64.0 Å². The molecule has 330 valence electrons. The standard InChI is InChI=1S/C15H23FO.C12H21FO2.C10H19FO.C10H21FO/c1-10-7-13(17)8-11-5-6-12(14(2,3)16)9-15(10,11)4;1-6-15-10(14)9-8(12(9,4)5)7-11(2,3)13;1-7-4-5-8(6-9(7)12)10(2,3)11;1-9(6-8-12)5-4-7-10(2,3)11/h8,10,12H,5-7,9H2,1-4H3;8-9H,6-7H2,1-5H3;7-9,12H,4-6H2,1-3H3;9,12H,4-8H2,1-3H3/t10-,12-,15+;;7-,8-,9-;9-/m1.10/s1. The van der Waals surface area contributed by atoms with Crippen molar-refractivity contribution in [2.45, 2.75) is 210 Å². The van der Waals surface area contributed by atoms with Gasteiger partial charge in [0.25, 0.3) is 0 Å². The lowest BCUT2D eigenvalue weighted by atomic mass is 9.56. The van der Waals surface area contributed by atoms with Crippen LogP contribution in [0.5, 0.6) is 0 Å². The van der Waals surface area contributed by atoms with Gasteiger partial charge in [0.05, 0.1) is 18.6 Å². The third kappa shape index (κ3) is 17.4. The number of carbonyl (C=O) groups excluding carboxylic acids is 2. The first kappa shape index (κ1) is 52.5. The second-order valence-electron chi connectivity index (χ2n) is 21.1. The smallest absolute Gasteiger partial charge is 0.309 e. The fourth-order valence-corrected chi connectivity index (χ4v) is 8.99. The molecule has 3 fully saturated rings. The number of halogens is 4. The molecule has 0 heterocycles. The van der Waals surface area contributed by atoms with Crippen LogP contribution in [0.4, 0.5) is 17.6 Å². The van der Waals surface area contributed by atoms with Gasteiger partial charge in [0.2, 0.25) is 0 Å². The van der Waals surface area contributed by atoms with Crippen molar-refractivity contribution < 1.29 is 42.1 Å². The summed E-state index contributed by atoms with van der Waals surface area (Å²) in [6, 6.07) is 0. The van der Waals surface area contributed by atoms with Gasteiger partial charge < -0.3 is 14.9 Å². The number of ether oxygens (including phenoxy) is 1. The van der Waals surface area contributed by atoms with Gasteiger partial charge in [0, 0.05) is 13.0 Å². The fourth-order valence-electron chi connectivity index (χ4n) is 8.99. The normalized spacial score (nSPS) is 30.8. The summed E-state index contributed by atoms with van der Waals surface area (Å²) in [7, 11) is 0. The van der Waals surface area contributed by atoms with E-state index in [2.05, 4.69) is 20.8 Å².